The smallest absolute Gasteiger partial charge is 0.407 e. The molecule has 0 aliphatic heterocycles. The summed E-state index contributed by atoms with van der Waals surface area (Å²) in [6.07, 6.45) is -0.484. The Hall–Kier alpha value is -1.67. The van der Waals surface area contributed by atoms with Crippen LogP contribution in [0, 0.1) is 10.1 Å². The van der Waals surface area contributed by atoms with Gasteiger partial charge in [0.2, 0.25) is 0 Å². The lowest BCUT2D eigenvalue weighted by atomic mass is 10.2. The molecule has 0 fully saturated rings. The summed E-state index contributed by atoms with van der Waals surface area (Å²) in [5, 5.41) is 16.6. The Morgan fingerprint density at radius 1 is 1.36 bits per heavy atom. The number of nitrogens with zero attached hydrogens (tertiary/aromatic N) is 1. The predicted molar refractivity (Wildman–Crippen MR) is 86.7 cm³/mol. The number of amides is 1. The second-order valence-corrected chi connectivity index (χ2v) is 6.55. The molecule has 122 valence electrons. The van der Waals surface area contributed by atoms with Crippen LogP contribution in [0.5, 0.6) is 0 Å². The zero-order valence-electron chi connectivity index (χ0n) is 12.8. The lowest BCUT2D eigenvalue weighted by Crippen LogP contribution is -2.36. The van der Waals surface area contributed by atoms with Gasteiger partial charge in [0, 0.05) is 35.7 Å². The molecule has 0 aliphatic rings. The number of carbonyl (C=O) groups is 1. The number of benzene rings is 1. The minimum atomic E-state index is -0.533. The quantitative estimate of drug-likeness (QED) is 0.454. The van der Waals surface area contributed by atoms with E-state index in [2.05, 4.69) is 26.6 Å². The number of rotatable bonds is 6. The van der Waals surface area contributed by atoms with Crippen molar-refractivity contribution >= 4 is 27.7 Å². The Bertz CT molecular complexity index is 543. The summed E-state index contributed by atoms with van der Waals surface area (Å²) in [7, 11) is 0. The summed E-state index contributed by atoms with van der Waals surface area (Å²) in [6.45, 7) is 6.55. The van der Waals surface area contributed by atoms with Gasteiger partial charge in [0.25, 0.3) is 5.69 Å². The van der Waals surface area contributed by atoms with E-state index < -0.39 is 16.6 Å². The molecule has 0 saturated heterocycles. The summed E-state index contributed by atoms with van der Waals surface area (Å²) in [4.78, 5) is 21.9. The molecule has 0 aliphatic carbocycles. The summed E-state index contributed by atoms with van der Waals surface area (Å²) >= 11 is 3.29. The van der Waals surface area contributed by atoms with Gasteiger partial charge < -0.3 is 15.4 Å². The number of nitrogens with one attached hydrogen (secondary N) is 2. The average molecular weight is 374 g/mol. The number of nitro benzene ring substituents is 1. The minimum absolute atomic E-state index is 0.0656. The molecule has 0 spiro atoms. The number of ether oxygens (including phenoxy) is 1. The minimum Gasteiger partial charge on any atom is -0.444 e. The third-order valence-corrected chi connectivity index (χ3v) is 3.02. The molecular weight excluding hydrogens is 354 g/mol. The van der Waals surface area contributed by atoms with Crippen molar-refractivity contribution in [1.82, 2.24) is 10.6 Å². The zero-order chi connectivity index (χ0) is 16.8. The van der Waals surface area contributed by atoms with E-state index in [4.69, 9.17) is 4.74 Å². The molecule has 8 heteroatoms. The molecule has 1 amide bonds. The maximum absolute atomic E-state index is 11.4. The highest BCUT2D eigenvalue weighted by molar-refractivity contribution is 9.10. The van der Waals surface area contributed by atoms with Crippen molar-refractivity contribution in [3.05, 3.63) is 38.3 Å². The van der Waals surface area contributed by atoms with Crippen LogP contribution < -0.4 is 10.6 Å². The van der Waals surface area contributed by atoms with Gasteiger partial charge in [0.15, 0.2) is 0 Å². The van der Waals surface area contributed by atoms with E-state index in [0.717, 1.165) is 4.47 Å². The topological polar surface area (TPSA) is 93.5 Å². The SMILES string of the molecule is CC(C)(C)OC(=O)NCCNCc1cc(Br)ccc1[N+](=O)[O-]. The molecule has 1 aromatic rings. The Labute approximate surface area is 137 Å². The number of halogens is 1. The molecule has 0 saturated carbocycles. The summed E-state index contributed by atoms with van der Waals surface area (Å²) in [6, 6.07) is 4.79. The third kappa shape index (κ3) is 6.86. The normalized spacial score (nSPS) is 11.1. The van der Waals surface area contributed by atoms with Gasteiger partial charge in [-0.25, -0.2) is 4.79 Å². The van der Waals surface area contributed by atoms with Crippen LogP contribution in [0.25, 0.3) is 0 Å². The monoisotopic (exact) mass is 373 g/mol. The Balaban J connectivity index is 2.38. The van der Waals surface area contributed by atoms with Crippen LogP contribution in [-0.4, -0.2) is 29.7 Å². The van der Waals surface area contributed by atoms with Crippen molar-refractivity contribution in [3.8, 4) is 0 Å². The maximum atomic E-state index is 11.4. The van der Waals surface area contributed by atoms with Crippen molar-refractivity contribution in [2.45, 2.75) is 32.9 Å². The molecule has 22 heavy (non-hydrogen) atoms. The second-order valence-electron chi connectivity index (χ2n) is 5.64. The van der Waals surface area contributed by atoms with Gasteiger partial charge in [-0.3, -0.25) is 10.1 Å². The van der Waals surface area contributed by atoms with Crippen molar-refractivity contribution in [1.29, 1.82) is 0 Å². The van der Waals surface area contributed by atoms with Crippen molar-refractivity contribution in [2.75, 3.05) is 13.1 Å². The Morgan fingerprint density at radius 2 is 2.05 bits per heavy atom. The highest BCUT2D eigenvalue weighted by atomic mass is 79.9. The molecular formula is C14H20BrN3O4. The lowest BCUT2D eigenvalue weighted by molar-refractivity contribution is -0.385. The van der Waals surface area contributed by atoms with Crippen molar-refractivity contribution in [2.24, 2.45) is 0 Å². The van der Waals surface area contributed by atoms with Gasteiger partial charge in [-0.05, 0) is 32.9 Å². The van der Waals surface area contributed by atoms with Gasteiger partial charge in [-0.1, -0.05) is 15.9 Å². The zero-order valence-corrected chi connectivity index (χ0v) is 14.4. The molecule has 2 N–H and O–H groups in total. The molecule has 0 bridgehead atoms. The first-order chi connectivity index (χ1) is 10.2. The second kappa shape index (κ2) is 8.09. The first-order valence-corrected chi connectivity index (χ1v) is 7.59. The molecule has 7 nitrogen and oxygen atoms in total. The van der Waals surface area contributed by atoms with E-state index in [9.17, 15) is 14.9 Å². The van der Waals surface area contributed by atoms with Gasteiger partial charge in [-0.2, -0.15) is 0 Å². The summed E-state index contributed by atoms with van der Waals surface area (Å²) < 4.78 is 5.87. The predicted octanol–water partition coefficient (Wildman–Crippen LogP) is 2.97. The van der Waals surface area contributed by atoms with Crippen LogP contribution in [0.2, 0.25) is 0 Å². The maximum Gasteiger partial charge on any atom is 0.407 e. The van der Waals surface area contributed by atoms with Gasteiger partial charge in [0.1, 0.15) is 5.60 Å². The van der Waals surface area contributed by atoms with Crippen LogP contribution in [0.1, 0.15) is 26.3 Å². The number of alkyl carbamates (subject to hydrolysis) is 1. The molecule has 1 rings (SSSR count). The van der Waals surface area contributed by atoms with Crippen molar-refractivity contribution < 1.29 is 14.5 Å². The molecule has 0 unspecified atom stereocenters. The van der Waals surface area contributed by atoms with Crippen LogP contribution in [0.4, 0.5) is 10.5 Å². The fraction of sp³-hybridized carbons (Fsp3) is 0.500. The number of hydrogen-bond donors (Lipinski definition) is 2. The highest BCUT2D eigenvalue weighted by Crippen LogP contribution is 2.22. The average Bonchev–Trinajstić information content (AvgIpc) is 2.35. The van der Waals surface area contributed by atoms with E-state index >= 15 is 0 Å². The first-order valence-electron chi connectivity index (χ1n) is 6.79. The van der Waals surface area contributed by atoms with Crippen LogP contribution in [-0.2, 0) is 11.3 Å². The largest absolute Gasteiger partial charge is 0.444 e. The van der Waals surface area contributed by atoms with Gasteiger partial charge in [-0.15, -0.1) is 0 Å². The Kier molecular flexibility index (Phi) is 6.76. The Morgan fingerprint density at radius 3 is 2.64 bits per heavy atom. The van der Waals surface area contributed by atoms with Crippen molar-refractivity contribution in [3.63, 3.8) is 0 Å². The fourth-order valence-electron chi connectivity index (χ4n) is 1.66. The third-order valence-electron chi connectivity index (χ3n) is 2.52. The van der Waals surface area contributed by atoms with Gasteiger partial charge in [0.05, 0.1) is 4.92 Å². The fourth-order valence-corrected chi connectivity index (χ4v) is 2.07. The molecule has 1 aromatic carbocycles. The number of hydrogen-bond acceptors (Lipinski definition) is 5. The molecule has 0 radical (unpaired) electrons. The van der Waals surface area contributed by atoms with E-state index in [1.54, 1.807) is 32.9 Å². The van der Waals surface area contributed by atoms with Crippen LogP contribution in [0.15, 0.2) is 22.7 Å². The summed E-state index contributed by atoms with van der Waals surface area (Å²) in [5.74, 6) is 0. The standard InChI is InChI=1S/C14H20BrN3O4/c1-14(2,3)22-13(19)17-7-6-16-9-10-8-11(15)4-5-12(10)18(20)21/h4-5,8,16H,6-7,9H2,1-3H3,(H,17,19). The van der Waals surface area contributed by atoms with Crippen LogP contribution in [0.3, 0.4) is 0 Å². The number of carbonyl (C=O) groups excluding carboxylic acids is 1. The van der Waals surface area contributed by atoms with Crippen LogP contribution >= 0.6 is 15.9 Å². The lowest BCUT2D eigenvalue weighted by Gasteiger charge is -2.19. The van der Waals surface area contributed by atoms with E-state index in [1.807, 2.05) is 0 Å². The number of nitro groups is 1. The summed E-state index contributed by atoms with van der Waals surface area (Å²) in [5.41, 5.74) is 0.112. The molecule has 0 atom stereocenters. The van der Waals surface area contributed by atoms with E-state index in [0.29, 0.717) is 25.2 Å². The van der Waals surface area contributed by atoms with Gasteiger partial charge >= 0.3 is 6.09 Å². The first kappa shape index (κ1) is 18.4. The molecule has 0 aromatic heterocycles. The van der Waals surface area contributed by atoms with E-state index in [-0.39, 0.29) is 5.69 Å². The highest BCUT2D eigenvalue weighted by Gasteiger charge is 2.16. The van der Waals surface area contributed by atoms with E-state index in [1.165, 1.54) is 6.07 Å². The molecule has 0 heterocycles.